The molecule has 0 saturated carbocycles. The van der Waals surface area contributed by atoms with Crippen LogP contribution in [0.3, 0.4) is 0 Å². The van der Waals surface area contributed by atoms with E-state index in [1.807, 2.05) is 6.07 Å². The van der Waals surface area contributed by atoms with E-state index in [4.69, 9.17) is 4.74 Å². The molecule has 1 aromatic rings. The summed E-state index contributed by atoms with van der Waals surface area (Å²) in [6, 6.07) is 6.92. The quantitative estimate of drug-likeness (QED) is 0.655. The van der Waals surface area contributed by atoms with Crippen molar-refractivity contribution in [1.82, 2.24) is 5.32 Å². The first-order chi connectivity index (χ1) is 9.63. The summed E-state index contributed by atoms with van der Waals surface area (Å²) in [7, 11) is 0. The minimum Gasteiger partial charge on any atom is -0.381 e. The first-order valence-corrected chi connectivity index (χ1v) is 7.67. The van der Waals surface area contributed by atoms with Crippen LogP contribution in [0.1, 0.15) is 45.1 Å². The second-order valence-electron chi connectivity index (χ2n) is 5.71. The highest BCUT2D eigenvalue weighted by atomic mass is 19.1. The van der Waals surface area contributed by atoms with E-state index in [2.05, 4.69) is 26.1 Å². The summed E-state index contributed by atoms with van der Waals surface area (Å²) >= 11 is 0. The van der Waals surface area contributed by atoms with Crippen LogP contribution in [0.4, 0.5) is 4.39 Å². The maximum Gasteiger partial charge on any atom is 0.123 e. The lowest BCUT2D eigenvalue weighted by atomic mass is 9.96. The molecule has 1 N–H and O–H groups in total. The van der Waals surface area contributed by atoms with Crippen molar-refractivity contribution in [3.8, 4) is 0 Å². The summed E-state index contributed by atoms with van der Waals surface area (Å²) in [5, 5.41) is 3.42. The molecule has 0 fully saturated rings. The van der Waals surface area contributed by atoms with E-state index in [0.717, 1.165) is 44.7 Å². The third-order valence-corrected chi connectivity index (χ3v) is 3.20. The molecule has 0 heterocycles. The first kappa shape index (κ1) is 17.1. The molecule has 2 nitrogen and oxygen atoms in total. The van der Waals surface area contributed by atoms with Crippen LogP contribution in [0.25, 0.3) is 0 Å². The summed E-state index contributed by atoms with van der Waals surface area (Å²) < 4.78 is 19.0. The van der Waals surface area contributed by atoms with Crippen LogP contribution < -0.4 is 5.32 Å². The molecule has 0 amide bonds. The molecule has 3 heteroatoms. The van der Waals surface area contributed by atoms with Gasteiger partial charge in [-0.3, -0.25) is 0 Å². The molecule has 0 aliphatic rings. The molecule has 1 unspecified atom stereocenters. The Balaban J connectivity index is 2.51. The smallest absolute Gasteiger partial charge is 0.123 e. The van der Waals surface area contributed by atoms with Crippen molar-refractivity contribution < 1.29 is 9.13 Å². The third-order valence-electron chi connectivity index (χ3n) is 3.20. The minimum atomic E-state index is -0.161. The van der Waals surface area contributed by atoms with Gasteiger partial charge in [0.1, 0.15) is 5.82 Å². The summed E-state index contributed by atoms with van der Waals surface area (Å²) in [5.41, 5.74) is 1.06. The zero-order valence-corrected chi connectivity index (χ0v) is 13.0. The van der Waals surface area contributed by atoms with Gasteiger partial charge in [-0.25, -0.2) is 4.39 Å². The van der Waals surface area contributed by atoms with Crippen molar-refractivity contribution in [2.45, 2.75) is 39.5 Å². The average molecular weight is 281 g/mol. The molecule has 1 atom stereocenters. The third kappa shape index (κ3) is 7.01. The normalized spacial score (nSPS) is 12.8. The van der Waals surface area contributed by atoms with Gasteiger partial charge in [0.25, 0.3) is 0 Å². The fraction of sp³-hybridized carbons (Fsp3) is 0.647. The number of nitrogens with one attached hydrogen (secondary N) is 1. The van der Waals surface area contributed by atoms with Crippen LogP contribution >= 0.6 is 0 Å². The minimum absolute atomic E-state index is 0.161. The second-order valence-corrected chi connectivity index (χ2v) is 5.71. The Kier molecular flexibility index (Phi) is 8.47. The molecule has 1 rings (SSSR count). The van der Waals surface area contributed by atoms with Gasteiger partial charge in [0.05, 0.1) is 0 Å². The Morgan fingerprint density at radius 1 is 1.30 bits per heavy atom. The van der Waals surface area contributed by atoms with E-state index in [0.29, 0.717) is 11.8 Å². The lowest BCUT2D eigenvalue weighted by molar-refractivity contribution is 0.103. The monoisotopic (exact) mass is 281 g/mol. The Bertz CT molecular complexity index is 368. The van der Waals surface area contributed by atoms with E-state index in [-0.39, 0.29) is 5.82 Å². The van der Waals surface area contributed by atoms with Crippen LogP contribution in [0, 0.1) is 11.7 Å². The molecule has 0 saturated heterocycles. The van der Waals surface area contributed by atoms with Gasteiger partial charge in [0.2, 0.25) is 0 Å². The van der Waals surface area contributed by atoms with Crippen molar-refractivity contribution in [2.75, 3.05) is 26.3 Å². The van der Waals surface area contributed by atoms with Gasteiger partial charge in [0.15, 0.2) is 0 Å². The summed E-state index contributed by atoms with van der Waals surface area (Å²) in [4.78, 5) is 0. The molecule has 1 aromatic carbocycles. The van der Waals surface area contributed by atoms with Crippen molar-refractivity contribution in [1.29, 1.82) is 0 Å². The predicted octanol–water partition coefficient (Wildman–Crippen LogP) is 3.97. The van der Waals surface area contributed by atoms with Crippen LogP contribution in [0.5, 0.6) is 0 Å². The standard InChI is InChI=1S/C17H28FNO/c1-4-9-19-12-16(8-10-20-13-14(2)3)15-6-5-7-17(18)11-15/h5-7,11,14,16,19H,4,8-10,12-13H2,1-3H3. The van der Waals surface area contributed by atoms with Crippen molar-refractivity contribution in [3.63, 3.8) is 0 Å². The van der Waals surface area contributed by atoms with Crippen LogP contribution in [0.15, 0.2) is 24.3 Å². The molecule has 0 aliphatic carbocycles. The maximum absolute atomic E-state index is 13.4. The van der Waals surface area contributed by atoms with Crippen molar-refractivity contribution >= 4 is 0 Å². The maximum atomic E-state index is 13.4. The fourth-order valence-corrected chi connectivity index (χ4v) is 2.14. The second kappa shape index (κ2) is 9.89. The first-order valence-electron chi connectivity index (χ1n) is 7.67. The SMILES string of the molecule is CCCNCC(CCOCC(C)C)c1cccc(F)c1. The zero-order chi connectivity index (χ0) is 14.8. The van der Waals surface area contributed by atoms with Crippen LogP contribution in [0.2, 0.25) is 0 Å². The topological polar surface area (TPSA) is 21.3 Å². The van der Waals surface area contributed by atoms with Gasteiger partial charge >= 0.3 is 0 Å². The van der Waals surface area contributed by atoms with E-state index in [1.165, 1.54) is 6.07 Å². The molecule has 0 aromatic heterocycles. The van der Waals surface area contributed by atoms with Gasteiger partial charge in [-0.15, -0.1) is 0 Å². The molecule has 0 radical (unpaired) electrons. The largest absolute Gasteiger partial charge is 0.381 e. The summed E-state index contributed by atoms with van der Waals surface area (Å²) in [5.74, 6) is 0.705. The number of halogens is 1. The Labute approximate surface area is 122 Å². The molecule has 0 aliphatic heterocycles. The van der Waals surface area contributed by atoms with Crippen LogP contribution in [-0.2, 0) is 4.74 Å². The number of hydrogen-bond donors (Lipinski definition) is 1. The molecule has 20 heavy (non-hydrogen) atoms. The van der Waals surface area contributed by atoms with Gasteiger partial charge in [-0.05, 0) is 48.9 Å². The molecular formula is C17H28FNO. The van der Waals surface area contributed by atoms with E-state index < -0.39 is 0 Å². The van der Waals surface area contributed by atoms with Gasteiger partial charge in [0, 0.05) is 19.8 Å². The number of hydrogen-bond acceptors (Lipinski definition) is 2. The summed E-state index contributed by atoms with van der Waals surface area (Å²) in [6.07, 6.45) is 2.03. The molecule has 0 spiro atoms. The summed E-state index contributed by atoms with van der Waals surface area (Å²) in [6.45, 7) is 9.84. The predicted molar refractivity (Wildman–Crippen MR) is 82.6 cm³/mol. The Morgan fingerprint density at radius 3 is 2.75 bits per heavy atom. The lowest BCUT2D eigenvalue weighted by Crippen LogP contribution is -2.23. The number of ether oxygens (including phenoxy) is 1. The highest BCUT2D eigenvalue weighted by Gasteiger charge is 2.12. The van der Waals surface area contributed by atoms with Crippen molar-refractivity contribution in [3.05, 3.63) is 35.6 Å². The number of rotatable bonds is 10. The highest BCUT2D eigenvalue weighted by molar-refractivity contribution is 5.21. The van der Waals surface area contributed by atoms with E-state index >= 15 is 0 Å². The number of benzene rings is 1. The Hall–Kier alpha value is -0.930. The average Bonchev–Trinajstić information content (AvgIpc) is 2.41. The van der Waals surface area contributed by atoms with Crippen molar-refractivity contribution in [2.24, 2.45) is 5.92 Å². The van der Waals surface area contributed by atoms with Gasteiger partial charge < -0.3 is 10.1 Å². The van der Waals surface area contributed by atoms with Gasteiger partial charge in [-0.2, -0.15) is 0 Å². The highest BCUT2D eigenvalue weighted by Crippen LogP contribution is 2.20. The molecular weight excluding hydrogens is 253 g/mol. The molecule has 0 bridgehead atoms. The zero-order valence-electron chi connectivity index (χ0n) is 13.0. The van der Waals surface area contributed by atoms with E-state index in [9.17, 15) is 4.39 Å². The Morgan fingerprint density at radius 2 is 2.10 bits per heavy atom. The van der Waals surface area contributed by atoms with Gasteiger partial charge in [-0.1, -0.05) is 32.9 Å². The lowest BCUT2D eigenvalue weighted by Gasteiger charge is -2.18. The van der Waals surface area contributed by atoms with Crippen LogP contribution in [-0.4, -0.2) is 26.3 Å². The molecule has 114 valence electrons. The fourth-order valence-electron chi connectivity index (χ4n) is 2.14. The van der Waals surface area contributed by atoms with E-state index in [1.54, 1.807) is 12.1 Å².